The largest absolute Gasteiger partial charge is 0.393 e. The topological polar surface area (TPSA) is 20.2 Å². The SMILES string of the molecule is CC(C)=CCC[C@@H](C)O. The summed E-state index contributed by atoms with van der Waals surface area (Å²) in [6.45, 7) is 5.96. The first kappa shape index (κ1) is 8.70. The van der Waals surface area contributed by atoms with Gasteiger partial charge in [0.05, 0.1) is 6.10 Å². The van der Waals surface area contributed by atoms with Gasteiger partial charge in [0.15, 0.2) is 0 Å². The van der Waals surface area contributed by atoms with Gasteiger partial charge in [-0.05, 0) is 33.6 Å². The molecule has 0 aromatic heterocycles. The summed E-state index contributed by atoms with van der Waals surface area (Å²) < 4.78 is 0. The second kappa shape index (κ2) is 4.57. The lowest BCUT2D eigenvalue weighted by molar-refractivity contribution is 0.186. The maximum Gasteiger partial charge on any atom is 0.0515 e. The lowest BCUT2D eigenvalue weighted by atomic mass is 10.2. The summed E-state index contributed by atoms with van der Waals surface area (Å²) >= 11 is 0. The van der Waals surface area contributed by atoms with Gasteiger partial charge in [0, 0.05) is 0 Å². The fraction of sp³-hybridized carbons (Fsp3) is 0.750. The van der Waals surface area contributed by atoms with E-state index >= 15 is 0 Å². The second-order valence-corrected chi connectivity index (χ2v) is 2.71. The molecule has 0 bridgehead atoms. The summed E-state index contributed by atoms with van der Waals surface area (Å²) in [5.41, 5.74) is 1.33. The fourth-order valence-corrected chi connectivity index (χ4v) is 0.613. The lowest BCUT2D eigenvalue weighted by Gasteiger charge is -1.98. The molecule has 0 heterocycles. The van der Waals surface area contributed by atoms with Crippen molar-refractivity contribution in [3.63, 3.8) is 0 Å². The van der Waals surface area contributed by atoms with Crippen molar-refractivity contribution < 1.29 is 5.11 Å². The van der Waals surface area contributed by atoms with E-state index in [2.05, 4.69) is 19.9 Å². The Labute approximate surface area is 57.4 Å². The molecule has 0 aromatic rings. The van der Waals surface area contributed by atoms with Crippen LogP contribution in [0.4, 0.5) is 0 Å². The van der Waals surface area contributed by atoms with Crippen molar-refractivity contribution in [3.8, 4) is 0 Å². The Morgan fingerprint density at radius 3 is 2.44 bits per heavy atom. The molecule has 0 unspecified atom stereocenters. The van der Waals surface area contributed by atoms with Gasteiger partial charge in [-0.25, -0.2) is 0 Å². The maximum atomic E-state index is 8.84. The molecule has 1 atom stereocenters. The van der Waals surface area contributed by atoms with E-state index in [4.69, 9.17) is 5.11 Å². The standard InChI is InChI=1S/C8H16O/c1-7(2)5-4-6-8(3)9/h5,8-9H,4,6H2,1-3H3/t8-/m1/s1. The molecule has 0 aromatic carbocycles. The van der Waals surface area contributed by atoms with Crippen LogP contribution in [0.2, 0.25) is 0 Å². The van der Waals surface area contributed by atoms with E-state index in [0.717, 1.165) is 12.8 Å². The molecule has 0 aliphatic rings. The highest BCUT2D eigenvalue weighted by molar-refractivity contribution is 4.92. The minimum atomic E-state index is -0.152. The highest BCUT2D eigenvalue weighted by Gasteiger charge is 1.90. The van der Waals surface area contributed by atoms with E-state index in [1.807, 2.05) is 6.92 Å². The van der Waals surface area contributed by atoms with Crippen molar-refractivity contribution >= 4 is 0 Å². The molecule has 0 spiro atoms. The monoisotopic (exact) mass is 128 g/mol. The van der Waals surface area contributed by atoms with Gasteiger partial charge in [0.1, 0.15) is 0 Å². The smallest absolute Gasteiger partial charge is 0.0515 e. The van der Waals surface area contributed by atoms with Gasteiger partial charge >= 0.3 is 0 Å². The van der Waals surface area contributed by atoms with E-state index in [-0.39, 0.29) is 6.10 Å². The van der Waals surface area contributed by atoms with Crippen LogP contribution in [0.1, 0.15) is 33.6 Å². The number of hydrogen-bond acceptors (Lipinski definition) is 1. The molecule has 1 nitrogen and oxygen atoms in total. The van der Waals surface area contributed by atoms with Crippen LogP contribution in [-0.2, 0) is 0 Å². The summed E-state index contributed by atoms with van der Waals surface area (Å²) in [5, 5.41) is 8.84. The van der Waals surface area contributed by atoms with Crippen molar-refractivity contribution in [2.75, 3.05) is 0 Å². The van der Waals surface area contributed by atoms with Crippen LogP contribution in [-0.4, -0.2) is 11.2 Å². The van der Waals surface area contributed by atoms with Crippen molar-refractivity contribution in [3.05, 3.63) is 11.6 Å². The molecular weight excluding hydrogens is 112 g/mol. The van der Waals surface area contributed by atoms with E-state index in [1.165, 1.54) is 5.57 Å². The van der Waals surface area contributed by atoms with Gasteiger partial charge < -0.3 is 5.11 Å². The van der Waals surface area contributed by atoms with Gasteiger partial charge in [-0.2, -0.15) is 0 Å². The Bertz CT molecular complexity index is 88.7. The van der Waals surface area contributed by atoms with Gasteiger partial charge in [-0.1, -0.05) is 11.6 Å². The predicted octanol–water partition coefficient (Wildman–Crippen LogP) is 2.11. The molecule has 54 valence electrons. The summed E-state index contributed by atoms with van der Waals surface area (Å²) in [7, 11) is 0. The number of rotatable bonds is 3. The normalized spacial score (nSPS) is 12.9. The van der Waals surface area contributed by atoms with Crippen LogP contribution in [0.5, 0.6) is 0 Å². The molecule has 0 aliphatic heterocycles. The van der Waals surface area contributed by atoms with Crippen LogP contribution >= 0.6 is 0 Å². The Hall–Kier alpha value is -0.300. The molecule has 0 saturated carbocycles. The van der Waals surface area contributed by atoms with Gasteiger partial charge in [-0.3, -0.25) is 0 Å². The van der Waals surface area contributed by atoms with Crippen LogP contribution in [0.3, 0.4) is 0 Å². The second-order valence-electron chi connectivity index (χ2n) is 2.71. The van der Waals surface area contributed by atoms with Crippen molar-refractivity contribution in [2.24, 2.45) is 0 Å². The Morgan fingerprint density at radius 1 is 1.56 bits per heavy atom. The number of aliphatic hydroxyl groups excluding tert-OH is 1. The highest BCUT2D eigenvalue weighted by atomic mass is 16.3. The average molecular weight is 128 g/mol. The maximum absolute atomic E-state index is 8.84. The quantitative estimate of drug-likeness (QED) is 0.577. The van der Waals surface area contributed by atoms with E-state index < -0.39 is 0 Å². The molecule has 9 heavy (non-hydrogen) atoms. The molecule has 0 fully saturated rings. The van der Waals surface area contributed by atoms with Crippen molar-refractivity contribution in [2.45, 2.75) is 39.7 Å². The van der Waals surface area contributed by atoms with E-state index in [9.17, 15) is 0 Å². The van der Waals surface area contributed by atoms with Crippen LogP contribution < -0.4 is 0 Å². The fourth-order valence-electron chi connectivity index (χ4n) is 0.613. The third kappa shape index (κ3) is 7.70. The van der Waals surface area contributed by atoms with Gasteiger partial charge in [0.25, 0.3) is 0 Å². The molecule has 0 amide bonds. The van der Waals surface area contributed by atoms with Crippen LogP contribution in [0.25, 0.3) is 0 Å². The number of aliphatic hydroxyl groups is 1. The average Bonchev–Trinajstić information content (AvgIpc) is 1.63. The predicted molar refractivity (Wildman–Crippen MR) is 40.3 cm³/mol. The minimum Gasteiger partial charge on any atom is -0.393 e. The molecule has 0 saturated heterocycles. The first-order chi connectivity index (χ1) is 4.13. The first-order valence-corrected chi connectivity index (χ1v) is 3.44. The molecule has 0 rings (SSSR count). The molecule has 1 heteroatoms. The number of allylic oxidation sites excluding steroid dienone is 2. The molecule has 0 aliphatic carbocycles. The Balaban J connectivity index is 3.20. The van der Waals surface area contributed by atoms with Crippen LogP contribution in [0, 0.1) is 0 Å². The minimum absolute atomic E-state index is 0.152. The third-order valence-electron chi connectivity index (χ3n) is 1.14. The molecule has 0 radical (unpaired) electrons. The summed E-state index contributed by atoms with van der Waals surface area (Å²) in [5.74, 6) is 0. The van der Waals surface area contributed by atoms with Gasteiger partial charge in [-0.15, -0.1) is 0 Å². The molecular formula is C8H16O. The summed E-state index contributed by atoms with van der Waals surface area (Å²) in [6.07, 6.45) is 3.87. The molecule has 1 N–H and O–H groups in total. The highest BCUT2D eigenvalue weighted by Crippen LogP contribution is 1.99. The Morgan fingerprint density at radius 2 is 2.11 bits per heavy atom. The zero-order valence-corrected chi connectivity index (χ0v) is 6.52. The first-order valence-electron chi connectivity index (χ1n) is 3.44. The van der Waals surface area contributed by atoms with Gasteiger partial charge in [0.2, 0.25) is 0 Å². The third-order valence-corrected chi connectivity index (χ3v) is 1.14. The summed E-state index contributed by atoms with van der Waals surface area (Å²) in [6, 6.07) is 0. The van der Waals surface area contributed by atoms with E-state index in [1.54, 1.807) is 0 Å². The summed E-state index contributed by atoms with van der Waals surface area (Å²) in [4.78, 5) is 0. The Kier molecular flexibility index (Phi) is 4.41. The number of hydrogen-bond donors (Lipinski definition) is 1. The van der Waals surface area contributed by atoms with Crippen LogP contribution in [0.15, 0.2) is 11.6 Å². The lowest BCUT2D eigenvalue weighted by Crippen LogP contribution is -1.96. The van der Waals surface area contributed by atoms with E-state index in [0.29, 0.717) is 0 Å². The van der Waals surface area contributed by atoms with Crippen molar-refractivity contribution in [1.82, 2.24) is 0 Å². The zero-order chi connectivity index (χ0) is 7.28. The zero-order valence-electron chi connectivity index (χ0n) is 6.52. The van der Waals surface area contributed by atoms with Crippen molar-refractivity contribution in [1.29, 1.82) is 0 Å².